The largest absolute Gasteiger partial charge is 0.338 e. The SMILES string of the molecule is CC(C)(C)n1nc(Nc2cccc(S(N)(=O)=O)c2)c2c(=O)[nH]ccc21. The van der Waals surface area contributed by atoms with Crippen LogP contribution < -0.4 is 16.0 Å². The molecule has 3 rings (SSSR count). The Kier molecular flexibility index (Phi) is 3.92. The molecule has 0 radical (unpaired) electrons. The predicted octanol–water partition coefficient (Wildman–Crippen LogP) is 1.87. The van der Waals surface area contributed by atoms with Gasteiger partial charge in [-0.05, 0) is 45.0 Å². The zero-order valence-electron chi connectivity index (χ0n) is 14.1. The maximum Gasteiger partial charge on any atom is 0.261 e. The summed E-state index contributed by atoms with van der Waals surface area (Å²) in [5.74, 6) is 0.346. The lowest BCUT2D eigenvalue weighted by molar-refractivity contribution is 0.369. The summed E-state index contributed by atoms with van der Waals surface area (Å²) < 4.78 is 24.8. The number of hydrogen-bond donors (Lipinski definition) is 3. The highest BCUT2D eigenvalue weighted by molar-refractivity contribution is 7.89. The van der Waals surface area contributed by atoms with E-state index in [1.165, 1.54) is 12.1 Å². The number of rotatable bonds is 3. The third-order valence-electron chi connectivity index (χ3n) is 3.66. The Labute approximate surface area is 144 Å². The molecular weight excluding hydrogens is 342 g/mol. The predicted molar refractivity (Wildman–Crippen MR) is 96.4 cm³/mol. The number of anilines is 2. The number of pyridine rings is 1. The lowest BCUT2D eigenvalue weighted by Gasteiger charge is -2.20. The maximum atomic E-state index is 12.3. The number of benzene rings is 1. The van der Waals surface area contributed by atoms with Crippen LogP contribution >= 0.6 is 0 Å². The van der Waals surface area contributed by atoms with E-state index in [0.717, 1.165) is 0 Å². The number of primary sulfonamides is 1. The van der Waals surface area contributed by atoms with Crippen molar-refractivity contribution in [1.29, 1.82) is 0 Å². The number of H-pyrrole nitrogens is 1. The summed E-state index contributed by atoms with van der Waals surface area (Å²) in [6.07, 6.45) is 1.57. The van der Waals surface area contributed by atoms with Crippen LogP contribution in [0.15, 0.2) is 46.2 Å². The standard InChI is InChI=1S/C16H19N5O3S/c1-16(2,3)21-12-7-8-18-15(22)13(12)14(20-21)19-10-5-4-6-11(9-10)25(17,23)24/h4-9H,1-3H3,(H,18,22)(H,19,20)(H2,17,23,24). The van der Waals surface area contributed by atoms with Gasteiger partial charge in [0, 0.05) is 11.9 Å². The van der Waals surface area contributed by atoms with Gasteiger partial charge in [-0.1, -0.05) is 6.07 Å². The average molecular weight is 361 g/mol. The lowest BCUT2D eigenvalue weighted by Crippen LogP contribution is -2.23. The molecular formula is C16H19N5O3S. The normalized spacial score (nSPS) is 12.5. The topological polar surface area (TPSA) is 123 Å². The molecule has 0 saturated heterocycles. The molecule has 2 aromatic heterocycles. The molecule has 0 saturated carbocycles. The van der Waals surface area contributed by atoms with Crippen molar-refractivity contribution in [2.24, 2.45) is 5.14 Å². The van der Waals surface area contributed by atoms with E-state index in [-0.39, 0.29) is 16.0 Å². The first kappa shape index (κ1) is 17.2. The van der Waals surface area contributed by atoms with Crippen LogP contribution in [0.1, 0.15) is 20.8 Å². The van der Waals surface area contributed by atoms with Crippen LogP contribution in [0.3, 0.4) is 0 Å². The molecule has 1 aromatic carbocycles. The van der Waals surface area contributed by atoms with Gasteiger partial charge in [-0.15, -0.1) is 0 Å². The van der Waals surface area contributed by atoms with Gasteiger partial charge in [0.2, 0.25) is 10.0 Å². The fourth-order valence-corrected chi connectivity index (χ4v) is 3.12. The molecule has 0 amide bonds. The van der Waals surface area contributed by atoms with Crippen LogP contribution in [-0.2, 0) is 15.6 Å². The number of nitrogens with zero attached hydrogens (tertiary/aromatic N) is 2. The van der Waals surface area contributed by atoms with Gasteiger partial charge in [-0.3, -0.25) is 9.48 Å². The lowest BCUT2D eigenvalue weighted by atomic mass is 10.1. The summed E-state index contributed by atoms with van der Waals surface area (Å²) in [6.45, 7) is 5.93. The molecule has 0 unspecified atom stereocenters. The van der Waals surface area contributed by atoms with Gasteiger partial charge in [0.25, 0.3) is 5.56 Å². The number of nitrogens with one attached hydrogen (secondary N) is 2. The van der Waals surface area contributed by atoms with Crippen molar-refractivity contribution in [3.63, 3.8) is 0 Å². The highest BCUT2D eigenvalue weighted by Crippen LogP contribution is 2.28. The minimum Gasteiger partial charge on any atom is -0.338 e. The first-order valence-electron chi connectivity index (χ1n) is 7.58. The second-order valence-electron chi connectivity index (χ2n) is 6.70. The Morgan fingerprint density at radius 3 is 2.60 bits per heavy atom. The third-order valence-corrected chi connectivity index (χ3v) is 4.58. The minimum absolute atomic E-state index is 0.0223. The molecule has 25 heavy (non-hydrogen) atoms. The van der Waals surface area contributed by atoms with Crippen LogP contribution in [-0.4, -0.2) is 23.2 Å². The van der Waals surface area contributed by atoms with E-state index in [1.807, 2.05) is 20.8 Å². The summed E-state index contributed by atoms with van der Waals surface area (Å²) in [4.78, 5) is 14.9. The minimum atomic E-state index is -3.82. The number of fused-ring (bicyclic) bond motifs is 1. The van der Waals surface area contributed by atoms with Gasteiger partial charge < -0.3 is 10.3 Å². The van der Waals surface area contributed by atoms with Gasteiger partial charge in [0.15, 0.2) is 5.82 Å². The molecule has 0 aliphatic rings. The molecule has 0 aliphatic carbocycles. The molecule has 0 atom stereocenters. The van der Waals surface area contributed by atoms with Crippen LogP contribution in [0.4, 0.5) is 11.5 Å². The van der Waals surface area contributed by atoms with Gasteiger partial charge in [0.1, 0.15) is 5.39 Å². The highest BCUT2D eigenvalue weighted by Gasteiger charge is 2.22. The molecule has 9 heteroatoms. The van der Waals surface area contributed by atoms with E-state index in [0.29, 0.717) is 22.4 Å². The number of aromatic amines is 1. The quantitative estimate of drug-likeness (QED) is 0.657. The number of sulfonamides is 1. The van der Waals surface area contributed by atoms with Crippen molar-refractivity contribution in [2.75, 3.05) is 5.32 Å². The van der Waals surface area contributed by atoms with E-state index in [2.05, 4.69) is 15.4 Å². The van der Waals surface area contributed by atoms with Gasteiger partial charge >= 0.3 is 0 Å². The van der Waals surface area contributed by atoms with Crippen molar-refractivity contribution in [3.05, 3.63) is 46.9 Å². The van der Waals surface area contributed by atoms with Crippen LogP contribution in [0.25, 0.3) is 10.9 Å². The van der Waals surface area contributed by atoms with Crippen molar-refractivity contribution in [1.82, 2.24) is 14.8 Å². The van der Waals surface area contributed by atoms with Gasteiger partial charge in [0.05, 0.1) is 16.0 Å². The third kappa shape index (κ3) is 3.28. The van der Waals surface area contributed by atoms with Crippen molar-refractivity contribution in [3.8, 4) is 0 Å². The van der Waals surface area contributed by atoms with E-state index in [4.69, 9.17) is 5.14 Å². The molecule has 4 N–H and O–H groups in total. The second-order valence-corrected chi connectivity index (χ2v) is 8.26. The first-order valence-corrected chi connectivity index (χ1v) is 9.13. The smallest absolute Gasteiger partial charge is 0.261 e. The van der Waals surface area contributed by atoms with Crippen molar-refractivity contribution in [2.45, 2.75) is 31.2 Å². The monoisotopic (exact) mass is 361 g/mol. The van der Waals surface area contributed by atoms with Crippen molar-refractivity contribution < 1.29 is 8.42 Å². The fourth-order valence-electron chi connectivity index (χ4n) is 2.56. The highest BCUT2D eigenvalue weighted by atomic mass is 32.2. The molecule has 132 valence electrons. The fraction of sp³-hybridized carbons (Fsp3) is 0.250. The maximum absolute atomic E-state index is 12.3. The van der Waals surface area contributed by atoms with E-state index in [1.54, 1.807) is 29.1 Å². The summed E-state index contributed by atoms with van der Waals surface area (Å²) in [5.41, 5.74) is 0.531. The zero-order chi connectivity index (χ0) is 18.4. The Morgan fingerprint density at radius 1 is 1.24 bits per heavy atom. The Bertz CT molecular complexity index is 1110. The molecule has 0 bridgehead atoms. The Hall–Kier alpha value is -2.65. The molecule has 2 heterocycles. The Morgan fingerprint density at radius 2 is 1.96 bits per heavy atom. The number of nitrogens with two attached hydrogens (primary N) is 1. The molecule has 8 nitrogen and oxygen atoms in total. The zero-order valence-corrected chi connectivity index (χ0v) is 14.9. The molecule has 0 aliphatic heterocycles. The van der Waals surface area contributed by atoms with E-state index < -0.39 is 10.0 Å². The van der Waals surface area contributed by atoms with Crippen molar-refractivity contribution >= 4 is 32.4 Å². The van der Waals surface area contributed by atoms with Crippen LogP contribution in [0, 0.1) is 0 Å². The summed E-state index contributed by atoms with van der Waals surface area (Å²) in [7, 11) is -3.82. The number of hydrogen-bond acceptors (Lipinski definition) is 5. The van der Waals surface area contributed by atoms with Gasteiger partial charge in [-0.2, -0.15) is 5.10 Å². The molecule has 3 aromatic rings. The van der Waals surface area contributed by atoms with E-state index >= 15 is 0 Å². The molecule has 0 fully saturated rings. The average Bonchev–Trinajstić information content (AvgIpc) is 2.87. The molecule has 0 spiro atoms. The van der Waals surface area contributed by atoms with Crippen LogP contribution in [0.2, 0.25) is 0 Å². The van der Waals surface area contributed by atoms with Gasteiger partial charge in [-0.25, -0.2) is 13.6 Å². The number of aromatic nitrogens is 3. The Balaban J connectivity index is 2.16. The second kappa shape index (κ2) is 5.71. The summed E-state index contributed by atoms with van der Waals surface area (Å²) in [5, 5.41) is 13.1. The van der Waals surface area contributed by atoms with Crippen LogP contribution in [0.5, 0.6) is 0 Å². The van der Waals surface area contributed by atoms with E-state index in [9.17, 15) is 13.2 Å². The first-order chi connectivity index (χ1) is 11.6. The summed E-state index contributed by atoms with van der Waals surface area (Å²) in [6, 6.07) is 7.82. The summed E-state index contributed by atoms with van der Waals surface area (Å²) >= 11 is 0.